The van der Waals surface area contributed by atoms with Gasteiger partial charge in [0.2, 0.25) is 0 Å². The number of carbonyl (C=O) groups is 1. The van der Waals surface area contributed by atoms with Gasteiger partial charge in [-0.25, -0.2) is 10.5 Å². The molecule has 7 heteroatoms. The van der Waals surface area contributed by atoms with Crippen LogP contribution >= 0.6 is 11.6 Å². The molecule has 3 N–H and O–H groups in total. The lowest BCUT2D eigenvalue weighted by atomic mass is 10.2. The minimum atomic E-state index is -0.519. The highest BCUT2D eigenvalue weighted by Gasteiger charge is 2.14. The molecule has 2 aromatic heterocycles. The fraction of sp³-hybridized carbons (Fsp3) is 0.385. The Morgan fingerprint density at radius 1 is 1.50 bits per heavy atom. The van der Waals surface area contributed by atoms with Crippen molar-refractivity contribution in [2.75, 3.05) is 11.9 Å². The van der Waals surface area contributed by atoms with Gasteiger partial charge in [-0.2, -0.15) is 0 Å². The van der Waals surface area contributed by atoms with Crippen molar-refractivity contribution < 1.29 is 10.0 Å². The highest BCUT2D eigenvalue weighted by Crippen LogP contribution is 2.23. The summed E-state index contributed by atoms with van der Waals surface area (Å²) in [5.74, 6) is 0.102. The standard InChI is InChI=1S/C13H17ClN4O2/c1-2-3-5-9-13(15-8-12(19)17-20)16-11-7-4-6-10(14)18(9)11/h4,6-7,15,20H,2-3,5,8H2,1H3,(H,17,19). The number of fused-ring (bicyclic) bond motifs is 1. The lowest BCUT2D eigenvalue weighted by Crippen LogP contribution is -2.27. The Morgan fingerprint density at radius 2 is 2.30 bits per heavy atom. The Hall–Kier alpha value is -1.79. The van der Waals surface area contributed by atoms with Gasteiger partial charge in [0.15, 0.2) is 0 Å². The number of hydrogen-bond acceptors (Lipinski definition) is 4. The maximum atomic E-state index is 11.1. The van der Waals surface area contributed by atoms with E-state index in [1.165, 1.54) is 0 Å². The molecule has 0 saturated carbocycles. The van der Waals surface area contributed by atoms with Crippen LogP contribution in [0.5, 0.6) is 0 Å². The van der Waals surface area contributed by atoms with Gasteiger partial charge >= 0.3 is 0 Å². The number of aromatic nitrogens is 2. The first kappa shape index (κ1) is 14.6. The average molecular weight is 297 g/mol. The predicted molar refractivity (Wildman–Crippen MR) is 77.2 cm³/mol. The molecule has 0 aliphatic rings. The van der Waals surface area contributed by atoms with E-state index >= 15 is 0 Å². The normalized spacial score (nSPS) is 10.8. The summed E-state index contributed by atoms with van der Waals surface area (Å²) in [5.41, 5.74) is 3.26. The van der Waals surface area contributed by atoms with Crippen molar-refractivity contribution in [3.63, 3.8) is 0 Å². The van der Waals surface area contributed by atoms with Gasteiger partial charge in [0.25, 0.3) is 5.91 Å². The molecule has 0 aliphatic heterocycles. The summed E-state index contributed by atoms with van der Waals surface area (Å²) in [4.78, 5) is 15.5. The Kier molecular flexibility index (Phi) is 4.81. The summed E-state index contributed by atoms with van der Waals surface area (Å²) in [5, 5.41) is 12.0. The van der Waals surface area contributed by atoms with Crippen LogP contribution in [-0.2, 0) is 11.2 Å². The van der Waals surface area contributed by atoms with E-state index in [9.17, 15) is 4.79 Å². The summed E-state index contributed by atoms with van der Waals surface area (Å²) in [6.07, 6.45) is 2.86. The van der Waals surface area contributed by atoms with E-state index in [1.807, 2.05) is 16.5 Å². The number of nitrogens with one attached hydrogen (secondary N) is 2. The lowest BCUT2D eigenvalue weighted by Gasteiger charge is -2.07. The molecule has 20 heavy (non-hydrogen) atoms. The van der Waals surface area contributed by atoms with Crippen molar-refractivity contribution in [2.45, 2.75) is 26.2 Å². The van der Waals surface area contributed by atoms with E-state index in [0.29, 0.717) is 11.0 Å². The molecule has 1 amide bonds. The van der Waals surface area contributed by atoms with Crippen LogP contribution in [-0.4, -0.2) is 27.0 Å². The molecular weight excluding hydrogens is 280 g/mol. The van der Waals surface area contributed by atoms with Crippen LogP contribution in [0.25, 0.3) is 5.65 Å². The minimum Gasteiger partial charge on any atom is -0.359 e. The third-order valence-electron chi connectivity index (χ3n) is 3.00. The van der Waals surface area contributed by atoms with Gasteiger partial charge in [0.05, 0.1) is 12.2 Å². The number of hydrogen-bond donors (Lipinski definition) is 3. The number of imidazole rings is 1. The molecule has 108 valence electrons. The average Bonchev–Trinajstić information content (AvgIpc) is 2.81. The van der Waals surface area contributed by atoms with Gasteiger partial charge in [-0.1, -0.05) is 31.0 Å². The number of anilines is 1. The molecule has 2 heterocycles. The van der Waals surface area contributed by atoms with E-state index in [4.69, 9.17) is 16.8 Å². The largest absolute Gasteiger partial charge is 0.359 e. The van der Waals surface area contributed by atoms with Crippen molar-refractivity contribution >= 4 is 29.0 Å². The highest BCUT2D eigenvalue weighted by atomic mass is 35.5. The fourth-order valence-corrected chi connectivity index (χ4v) is 2.29. The molecule has 6 nitrogen and oxygen atoms in total. The molecule has 2 aromatic rings. The summed E-state index contributed by atoms with van der Waals surface area (Å²) in [6.45, 7) is 2.06. The zero-order chi connectivity index (χ0) is 14.5. The molecule has 0 unspecified atom stereocenters. The topological polar surface area (TPSA) is 78.7 Å². The zero-order valence-corrected chi connectivity index (χ0v) is 11.9. The molecule has 0 radical (unpaired) electrons. The van der Waals surface area contributed by atoms with E-state index in [-0.39, 0.29) is 6.54 Å². The Bertz CT molecular complexity index is 612. The quantitative estimate of drug-likeness (QED) is 0.434. The smallest absolute Gasteiger partial charge is 0.262 e. The van der Waals surface area contributed by atoms with Crippen LogP contribution in [0.15, 0.2) is 18.2 Å². The molecule has 0 bridgehead atoms. The first-order chi connectivity index (χ1) is 9.67. The third kappa shape index (κ3) is 3.02. The number of hydroxylamine groups is 1. The second-order valence-corrected chi connectivity index (χ2v) is 4.83. The van der Waals surface area contributed by atoms with Gasteiger partial charge in [0, 0.05) is 0 Å². The third-order valence-corrected chi connectivity index (χ3v) is 3.29. The minimum absolute atomic E-state index is 0.0445. The van der Waals surface area contributed by atoms with Gasteiger partial charge in [0.1, 0.15) is 16.6 Å². The van der Waals surface area contributed by atoms with Gasteiger partial charge in [-0.05, 0) is 25.0 Å². The van der Waals surface area contributed by atoms with Crippen LogP contribution in [0.2, 0.25) is 5.15 Å². The van der Waals surface area contributed by atoms with E-state index in [0.717, 1.165) is 30.6 Å². The van der Waals surface area contributed by atoms with Crippen LogP contribution in [0.3, 0.4) is 0 Å². The van der Waals surface area contributed by atoms with Crippen LogP contribution in [0.4, 0.5) is 5.82 Å². The number of pyridine rings is 1. The summed E-state index contributed by atoms with van der Waals surface area (Å²) in [7, 11) is 0. The van der Waals surface area contributed by atoms with E-state index in [2.05, 4.69) is 17.2 Å². The number of carbonyl (C=O) groups excluding carboxylic acids is 1. The number of amides is 1. The SMILES string of the molecule is CCCCc1c(NCC(=O)NO)nc2cccc(Cl)n12. The number of halogens is 1. The number of nitrogens with zero attached hydrogens (tertiary/aromatic N) is 2. The lowest BCUT2D eigenvalue weighted by molar-refractivity contribution is -0.127. The Morgan fingerprint density at radius 3 is 3.00 bits per heavy atom. The number of rotatable bonds is 6. The maximum absolute atomic E-state index is 11.1. The zero-order valence-electron chi connectivity index (χ0n) is 11.2. The highest BCUT2D eigenvalue weighted by molar-refractivity contribution is 6.29. The van der Waals surface area contributed by atoms with Gasteiger partial charge < -0.3 is 5.32 Å². The van der Waals surface area contributed by atoms with Crippen LogP contribution in [0, 0.1) is 0 Å². The van der Waals surface area contributed by atoms with Crippen LogP contribution < -0.4 is 10.8 Å². The number of unbranched alkanes of at least 4 members (excludes halogenated alkanes) is 1. The molecule has 0 aliphatic carbocycles. The molecular formula is C13H17ClN4O2. The molecule has 0 saturated heterocycles. The molecule has 0 atom stereocenters. The predicted octanol–water partition coefficient (Wildman–Crippen LogP) is 2.25. The molecule has 0 fully saturated rings. The first-order valence-corrected chi connectivity index (χ1v) is 6.87. The maximum Gasteiger partial charge on any atom is 0.262 e. The van der Waals surface area contributed by atoms with E-state index in [1.54, 1.807) is 11.5 Å². The molecule has 0 aromatic carbocycles. The molecule has 2 rings (SSSR count). The van der Waals surface area contributed by atoms with Crippen molar-refractivity contribution in [1.29, 1.82) is 0 Å². The van der Waals surface area contributed by atoms with Gasteiger partial charge in [-0.3, -0.25) is 14.4 Å². The molecule has 0 spiro atoms. The monoisotopic (exact) mass is 296 g/mol. The second-order valence-electron chi connectivity index (χ2n) is 4.44. The Balaban J connectivity index is 2.36. The fourth-order valence-electron chi connectivity index (χ4n) is 2.03. The van der Waals surface area contributed by atoms with Crippen molar-refractivity contribution in [1.82, 2.24) is 14.9 Å². The van der Waals surface area contributed by atoms with Crippen LogP contribution in [0.1, 0.15) is 25.5 Å². The van der Waals surface area contributed by atoms with Crippen molar-refractivity contribution in [3.05, 3.63) is 29.0 Å². The summed E-state index contributed by atoms with van der Waals surface area (Å²) >= 11 is 6.22. The van der Waals surface area contributed by atoms with E-state index < -0.39 is 5.91 Å². The van der Waals surface area contributed by atoms with Gasteiger partial charge in [-0.15, -0.1) is 0 Å². The summed E-state index contributed by atoms with van der Waals surface area (Å²) in [6, 6.07) is 5.49. The first-order valence-electron chi connectivity index (χ1n) is 6.50. The number of aryl methyl sites for hydroxylation is 1. The van der Waals surface area contributed by atoms with Crippen molar-refractivity contribution in [2.24, 2.45) is 0 Å². The second kappa shape index (κ2) is 6.58. The summed E-state index contributed by atoms with van der Waals surface area (Å²) < 4.78 is 1.87. The van der Waals surface area contributed by atoms with Crippen molar-refractivity contribution in [3.8, 4) is 0 Å². The Labute approximate surface area is 121 Å².